The van der Waals surface area contributed by atoms with Crippen LogP contribution >= 0.6 is 0 Å². The van der Waals surface area contributed by atoms with E-state index < -0.39 is 17.9 Å². The molecule has 0 fully saturated rings. The molecule has 0 radical (unpaired) electrons. The van der Waals surface area contributed by atoms with Crippen molar-refractivity contribution in [3.63, 3.8) is 0 Å². The molecule has 0 aliphatic carbocycles. The van der Waals surface area contributed by atoms with Gasteiger partial charge in [0.1, 0.15) is 18.5 Å². The second-order valence-corrected chi connectivity index (χ2v) is 7.04. The van der Waals surface area contributed by atoms with Gasteiger partial charge in [0.05, 0.1) is 20.8 Å². The number of fused-ring (bicyclic) bond motifs is 2. The first kappa shape index (κ1) is 26.3. The molecule has 0 saturated heterocycles. The summed E-state index contributed by atoms with van der Waals surface area (Å²) in [5.41, 5.74) is 7.19. The molecule has 192 valence electrons. The van der Waals surface area contributed by atoms with Gasteiger partial charge in [-0.2, -0.15) is 24.7 Å². The van der Waals surface area contributed by atoms with E-state index in [1.807, 2.05) is 6.92 Å². The highest BCUT2D eigenvalue weighted by Gasteiger charge is 2.14. The van der Waals surface area contributed by atoms with Crippen molar-refractivity contribution < 1.29 is 29.0 Å². The van der Waals surface area contributed by atoms with Crippen molar-refractivity contribution >= 4 is 41.1 Å². The minimum Gasteiger partial charge on any atom is -0.475 e. The van der Waals surface area contributed by atoms with Crippen LogP contribution in [0.1, 0.15) is 32.4 Å². The molecule has 3 N–H and O–H groups in total. The SMILES string of the molecule is COC(=O)c1cc(C)n2ncnc2n1.COC(=O)c1cc(C)nc2ncnn12.NC1=NC(C(=O)O)=NC1. The Bertz CT molecular complexity index is 1540. The highest BCUT2D eigenvalue weighted by Crippen LogP contribution is 2.06. The van der Waals surface area contributed by atoms with Crippen molar-refractivity contribution in [3.05, 3.63) is 47.6 Å². The van der Waals surface area contributed by atoms with Crippen molar-refractivity contribution in [2.24, 2.45) is 15.7 Å². The fraction of sp³-hybridized carbons (Fsp3) is 0.250. The van der Waals surface area contributed by atoms with Gasteiger partial charge >= 0.3 is 17.9 Å². The van der Waals surface area contributed by atoms with E-state index in [1.165, 1.54) is 31.4 Å². The lowest BCUT2D eigenvalue weighted by atomic mass is 10.3. The summed E-state index contributed by atoms with van der Waals surface area (Å²) < 4.78 is 12.1. The first-order valence-electron chi connectivity index (χ1n) is 10.3. The van der Waals surface area contributed by atoms with E-state index in [0.717, 1.165) is 5.69 Å². The summed E-state index contributed by atoms with van der Waals surface area (Å²) in [6.45, 7) is 3.80. The van der Waals surface area contributed by atoms with Crippen LogP contribution in [0.4, 0.5) is 0 Å². The van der Waals surface area contributed by atoms with Gasteiger partial charge in [-0.3, -0.25) is 4.99 Å². The number of aliphatic imine (C=N–C) groups is 2. The van der Waals surface area contributed by atoms with Gasteiger partial charge in [-0.1, -0.05) is 0 Å². The van der Waals surface area contributed by atoms with Gasteiger partial charge in [0.25, 0.3) is 11.6 Å². The van der Waals surface area contributed by atoms with Crippen LogP contribution in [0.3, 0.4) is 0 Å². The smallest absolute Gasteiger partial charge is 0.373 e. The van der Waals surface area contributed by atoms with Gasteiger partial charge < -0.3 is 20.3 Å². The van der Waals surface area contributed by atoms with Crippen molar-refractivity contribution in [2.75, 3.05) is 20.8 Å². The van der Waals surface area contributed by atoms with Crippen molar-refractivity contribution in [1.29, 1.82) is 0 Å². The van der Waals surface area contributed by atoms with E-state index in [9.17, 15) is 14.4 Å². The quantitative estimate of drug-likeness (QED) is 0.324. The zero-order chi connectivity index (χ0) is 27.1. The number of carboxylic acids is 1. The maximum atomic E-state index is 11.3. The maximum absolute atomic E-state index is 11.3. The molecular formula is C20H21N11O6. The molecule has 0 amide bonds. The number of esters is 2. The van der Waals surface area contributed by atoms with Crippen LogP contribution in [0.5, 0.6) is 0 Å². The number of ether oxygens (including phenoxy) is 2. The second kappa shape index (κ2) is 11.4. The zero-order valence-corrected chi connectivity index (χ0v) is 20.1. The number of amidine groups is 2. The number of hydrogen-bond acceptors (Lipinski definition) is 14. The van der Waals surface area contributed by atoms with Gasteiger partial charge in [-0.05, 0) is 26.0 Å². The minimum atomic E-state index is -1.13. The summed E-state index contributed by atoms with van der Waals surface area (Å²) in [4.78, 5) is 55.4. The van der Waals surface area contributed by atoms with E-state index in [2.05, 4.69) is 49.6 Å². The Morgan fingerprint density at radius 1 is 0.946 bits per heavy atom. The number of aliphatic carboxylic acids is 1. The Balaban J connectivity index is 0.000000159. The predicted molar refractivity (Wildman–Crippen MR) is 125 cm³/mol. The van der Waals surface area contributed by atoms with Crippen molar-refractivity contribution in [2.45, 2.75) is 13.8 Å². The number of nitrogens with two attached hydrogens (primary N) is 1. The lowest BCUT2D eigenvalue weighted by molar-refractivity contribution is -0.129. The average molecular weight is 511 g/mol. The molecule has 37 heavy (non-hydrogen) atoms. The molecule has 4 aromatic rings. The van der Waals surface area contributed by atoms with E-state index in [0.29, 0.717) is 22.9 Å². The van der Waals surface area contributed by atoms with Crippen LogP contribution < -0.4 is 5.73 Å². The Morgan fingerprint density at radius 3 is 2.11 bits per heavy atom. The van der Waals surface area contributed by atoms with Crippen molar-refractivity contribution in [3.8, 4) is 0 Å². The summed E-state index contributed by atoms with van der Waals surface area (Å²) in [6.07, 6.45) is 2.73. The lowest BCUT2D eigenvalue weighted by Crippen LogP contribution is -2.12. The van der Waals surface area contributed by atoms with Crippen LogP contribution in [0, 0.1) is 13.8 Å². The van der Waals surface area contributed by atoms with E-state index >= 15 is 0 Å². The first-order valence-corrected chi connectivity index (χ1v) is 10.3. The predicted octanol–water partition coefficient (Wildman–Crippen LogP) is -0.721. The topological polar surface area (TPSA) is 227 Å². The second-order valence-electron chi connectivity index (χ2n) is 7.04. The third kappa shape index (κ3) is 6.21. The van der Waals surface area contributed by atoms with Gasteiger partial charge in [0.2, 0.25) is 5.84 Å². The Morgan fingerprint density at radius 2 is 1.57 bits per heavy atom. The van der Waals surface area contributed by atoms with Crippen LogP contribution in [0.15, 0.2) is 34.8 Å². The number of carboxylic acid groups (broad SMARTS) is 1. The molecule has 5 rings (SSSR count). The monoisotopic (exact) mass is 511 g/mol. The number of aryl methyl sites for hydroxylation is 2. The largest absolute Gasteiger partial charge is 0.475 e. The Labute approximate surface area is 207 Å². The van der Waals surface area contributed by atoms with Crippen LogP contribution in [-0.2, 0) is 14.3 Å². The Kier molecular flexibility index (Phi) is 8.08. The fourth-order valence-corrected chi connectivity index (χ4v) is 2.83. The Hall–Kier alpha value is -5.35. The highest BCUT2D eigenvalue weighted by molar-refractivity contribution is 6.38. The molecule has 17 heteroatoms. The lowest BCUT2D eigenvalue weighted by Gasteiger charge is -2.01. The number of rotatable bonds is 3. The summed E-state index contributed by atoms with van der Waals surface area (Å²) in [7, 11) is 2.63. The van der Waals surface area contributed by atoms with Crippen LogP contribution in [0.25, 0.3) is 11.6 Å². The molecule has 0 spiro atoms. The summed E-state index contributed by atoms with van der Waals surface area (Å²) >= 11 is 0. The minimum absolute atomic E-state index is 0.201. The van der Waals surface area contributed by atoms with Crippen molar-refractivity contribution in [1.82, 2.24) is 39.2 Å². The number of methoxy groups -OCH3 is 2. The fourth-order valence-electron chi connectivity index (χ4n) is 2.83. The summed E-state index contributed by atoms with van der Waals surface area (Å²) in [5, 5.41) is 16.0. The number of nitrogens with zero attached hydrogens (tertiary/aromatic N) is 10. The van der Waals surface area contributed by atoms with Crippen LogP contribution in [0.2, 0.25) is 0 Å². The van der Waals surface area contributed by atoms with E-state index in [-0.39, 0.29) is 23.9 Å². The van der Waals surface area contributed by atoms with Gasteiger partial charge in [-0.25, -0.2) is 33.9 Å². The molecule has 1 aliphatic rings. The molecule has 0 saturated carbocycles. The summed E-state index contributed by atoms with van der Waals surface area (Å²) in [5.74, 6) is -1.21. The molecule has 1 aliphatic heterocycles. The zero-order valence-electron chi connectivity index (χ0n) is 20.1. The average Bonchev–Trinajstić information content (AvgIpc) is 3.64. The summed E-state index contributed by atoms with van der Waals surface area (Å²) in [6, 6.07) is 3.21. The van der Waals surface area contributed by atoms with Gasteiger partial charge in [-0.15, -0.1) is 0 Å². The number of hydrogen-bond donors (Lipinski definition) is 2. The van der Waals surface area contributed by atoms with Gasteiger partial charge in [0, 0.05) is 11.4 Å². The third-order valence-corrected chi connectivity index (χ3v) is 4.43. The highest BCUT2D eigenvalue weighted by atomic mass is 16.5. The molecule has 0 bridgehead atoms. The number of carbonyl (C=O) groups excluding carboxylic acids is 2. The maximum Gasteiger partial charge on any atom is 0.373 e. The van der Waals surface area contributed by atoms with Crippen LogP contribution in [-0.4, -0.2) is 94.6 Å². The number of carbonyl (C=O) groups is 3. The molecule has 0 unspecified atom stereocenters. The molecule has 0 atom stereocenters. The molecule has 5 heterocycles. The van der Waals surface area contributed by atoms with E-state index in [4.69, 9.17) is 10.8 Å². The molecule has 17 nitrogen and oxygen atoms in total. The van der Waals surface area contributed by atoms with Gasteiger partial charge in [0.15, 0.2) is 11.4 Å². The van der Waals surface area contributed by atoms with E-state index in [1.54, 1.807) is 23.6 Å². The number of aromatic nitrogens is 8. The molecule has 4 aromatic heterocycles. The standard InChI is InChI=1S/2C8H8N4O2.C4H5N3O2/c1-5-3-6(7(13)14-2)11-8-9-4-10-12(5)8;1-5-3-6(7(13)14-2)12-8(11-5)9-4-10-12;5-2-1-6-3(7-2)4(8)9/h2*3-4H,1-2H3;1H2,(H,8,9)(H2,5,6,7). The first-order chi connectivity index (χ1) is 17.6. The molecular weight excluding hydrogens is 490 g/mol. The normalized spacial score (nSPS) is 12.0. The molecule has 0 aromatic carbocycles. The third-order valence-electron chi connectivity index (χ3n) is 4.43.